The molecular weight excluding hydrogens is 292 g/mol. The van der Waals surface area contributed by atoms with Gasteiger partial charge in [0.15, 0.2) is 5.82 Å². The minimum atomic E-state index is -0.178. The quantitative estimate of drug-likeness (QED) is 0.909. The standard InChI is InChI=1S/C17H20N4O2/c1-10-12(6-7-13(18-10)11-4-5-11)17(22)19-16-9-14(20-21-16)15-3-2-8-23-15/h6-7,9,11,15H,2-5,8H2,1H3,(H2,19,20,21,22). The summed E-state index contributed by atoms with van der Waals surface area (Å²) in [7, 11) is 0. The average Bonchev–Trinajstić information content (AvgIpc) is 3.05. The number of amides is 1. The van der Waals surface area contributed by atoms with Crippen molar-refractivity contribution in [1.29, 1.82) is 0 Å². The zero-order chi connectivity index (χ0) is 15.8. The second kappa shape index (κ2) is 5.77. The maximum Gasteiger partial charge on any atom is 0.258 e. The molecule has 6 nitrogen and oxygen atoms in total. The summed E-state index contributed by atoms with van der Waals surface area (Å²) in [5, 5.41) is 9.93. The fourth-order valence-electron chi connectivity index (χ4n) is 3.00. The fraction of sp³-hybridized carbons (Fsp3) is 0.471. The molecule has 2 N–H and O–H groups in total. The molecule has 2 aliphatic rings. The van der Waals surface area contributed by atoms with Crippen LogP contribution in [0, 0.1) is 6.92 Å². The molecule has 0 bridgehead atoms. The molecule has 1 saturated carbocycles. The number of aromatic nitrogens is 3. The molecule has 1 aliphatic heterocycles. The van der Waals surface area contributed by atoms with Crippen LogP contribution in [-0.4, -0.2) is 27.7 Å². The number of carbonyl (C=O) groups is 1. The Morgan fingerprint density at radius 1 is 1.35 bits per heavy atom. The zero-order valence-corrected chi connectivity index (χ0v) is 13.1. The van der Waals surface area contributed by atoms with Crippen LogP contribution < -0.4 is 5.32 Å². The largest absolute Gasteiger partial charge is 0.372 e. The minimum Gasteiger partial charge on any atom is -0.372 e. The maximum absolute atomic E-state index is 12.4. The second-order valence-corrected chi connectivity index (χ2v) is 6.31. The topological polar surface area (TPSA) is 79.9 Å². The molecule has 2 aromatic rings. The van der Waals surface area contributed by atoms with Gasteiger partial charge in [0.05, 0.1) is 23.1 Å². The molecule has 1 saturated heterocycles. The Balaban J connectivity index is 1.47. The number of carbonyl (C=O) groups excluding carboxylic acids is 1. The van der Waals surface area contributed by atoms with Crippen molar-refractivity contribution in [2.75, 3.05) is 11.9 Å². The van der Waals surface area contributed by atoms with Crippen LogP contribution in [0.1, 0.15) is 65.1 Å². The molecular formula is C17H20N4O2. The number of H-pyrrole nitrogens is 1. The van der Waals surface area contributed by atoms with Gasteiger partial charge >= 0.3 is 0 Å². The smallest absolute Gasteiger partial charge is 0.258 e. The van der Waals surface area contributed by atoms with E-state index in [1.165, 1.54) is 12.8 Å². The van der Waals surface area contributed by atoms with Crippen LogP contribution in [0.2, 0.25) is 0 Å². The molecule has 0 spiro atoms. The summed E-state index contributed by atoms with van der Waals surface area (Å²) in [6.07, 6.45) is 4.52. The number of nitrogens with zero attached hydrogens (tertiary/aromatic N) is 2. The molecule has 0 aromatic carbocycles. The first-order chi connectivity index (χ1) is 11.2. The number of anilines is 1. The van der Waals surface area contributed by atoms with Crippen LogP contribution in [0.15, 0.2) is 18.2 Å². The predicted octanol–water partition coefficient (Wildman–Crippen LogP) is 3.09. The third-order valence-corrected chi connectivity index (χ3v) is 4.46. The van der Waals surface area contributed by atoms with E-state index in [9.17, 15) is 4.79 Å². The molecule has 1 unspecified atom stereocenters. The number of aromatic amines is 1. The van der Waals surface area contributed by atoms with E-state index >= 15 is 0 Å². The van der Waals surface area contributed by atoms with Gasteiger partial charge in [-0.1, -0.05) is 0 Å². The molecule has 2 aromatic heterocycles. The van der Waals surface area contributed by atoms with Crippen molar-refractivity contribution >= 4 is 11.7 Å². The molecule has 6 heteroatoms. The average molecular weight is 312 g/mol. The Kier molecular flexibility index (Phi) is 3.61. The number of nitrogens with one attached hydrogen (secondary N) is 2. The highest BCUT2D eigenvalue weighted by Gasteiger charge is 2.26. The van der Waals surface area contributed by atoms with Crippen LogP contribution in [0.4, 0.5) is 5.82 Å². The van der Waals surface area contributed by atoms with Gasteiger partial charge in [0.25, 0.3) is 5.91 Å². The highest BCUT2D eigenvalue weighted by atomic mass is 16.5. The van der Waals surface area contributed by atoms with Gasteiger partial charge < -0.3 is 10.1 Å². The van der Waals surface area contributed by atoms with Crippen molar-refractivity contribution in [2.45, 2.75) is 44.6 Å². The number of hydrogen-bond acceptors (Lipinski definition) is 4. The van der Waals surface area contributed by atoms with Gasteiger partial charge in [0.1, 0.15) is 0 Å². The summed E-state index contributed by atoms with van der Waals surface area (Å²) in [5.41, 5.74) is 3.37. The van der Waals surface area contributed by atoms with E-state index in [0.717, 1.165) is 36.5 Å². The lowest BCUT2D eigenvalue weighted by Gasteiger charge is -2.07. The molecule has 2 fully saturated rings. The summed E-state index contributed by atoms with van der Waals surface area (Å²) in [4.78, 5) is 17.0. The first-order valence-corrected chi connectivity index (χ1v) is 8.16. The molecule has 1 amide bonds. The third kappa shape index (κ3) is 2.99. The Morgan fingerprint density at radius 2 is 2.22 bits per heavy atom. The zero-order valence-electron chi connectivity index (χ0n) is 13.1. The molecule has 1 atom stereocenters. The van der Waals surface area contributed by atoms with E-state index in [2.05, 4.69) is 20.5 Å². The summed E-state index contributed by atoms with van der Waals surface area (Å²) in [5.74, 6) is 0.931. The third-order valence-electron chi connectivity index (χ3n) is 4.46. The van der Waals surface area contributed by atoms with Crippen molar-refractivity contribution in [3.63, 3.8) is 0 Å². The Labute approximate surface area is 134 Å². The highest BCUT2D eigenvalue weighted by molar-refractivity contribution is 6.04. The van der Waals surface area contributed by atoms with Crippen molar-refractivity contribution in [3.8, 4) is 0 Å². The molecule has 0 radical (unpaired) electrons. The molecule has 23 heavy (non-hydrogen) atoms. The lowest BCUT2D eigenvalue weighted by molar-refractivity contribution is 0.102. The van der Waals surface area contributed by atoms with Gasteiger partial charge in [0.2, 0.25) is 0 Å². The van der Waals surface area contributed by atoms with E-state index in [1.807, 2.05) is 25.1 Å². The van der Waals surface area contributed by atoms with Gasteiger partial charge in [-0.05, 0) is 44.7 Å². The maximum atomic E-state index is 12.4. The molecule has 3 heterocycles. The first kappa shape index (κ1) is 14.4. The lowest BCUT2D eigenvalue weighted by atomic mass is 10.1. The Bertz CT molecular complexity index is 730. The van der Waals surface area contributed by atoms with E-state index in [4.69, 9.17) is 4.74 Å². The SMILES string of the molecule is Cc1nc(C2CC2)ccc1C(=O)Nc1cc(C2CCCO2)[nH]n1. The Morgan fingerprint density at radius 3 is 2.91 bits per heavy atom. The van der Waals surface area contributed by atoms with E-state index in [-0.39, 0.29) is 12.0 Å². The van der Waals surface area contributed by atoms with E-state index in [1.54, 1.807) is 0 Å². The molecule has 120 valence electrons. The van der Waals surface area contributed by atoms with Crippen molar-refractivity contribution in [3.05, 3.63) is 40.8 Å². The van der Waals surface area contributed by atoms with Crippen LogP contribution in [-0.2, 0) is 4.74 Å². The van der Waals surface area contributed by atoms with Crippen LogP contribution in [0.3, 0.4) is 0 Å². The lowest BCUT2D eigenvalue weighted by Crippen LogP contribution is -2.14. The number of rotatable bonds is 4. The summed E-state index contributed by atoms with van der Waals surface area (Å²) in [6.45, 7) is 2.66. The first-order valence-electron chi connectivity index (χ1n) is 8.16. The van der Waals surface area contributed by atoms with Gasteiger partial charge in [-0.3, -0.25) is 14.9 Å². The van der Waals surface area contributed by atoms with Crippen molar-refractivity contribution < 1.29 is 9.53 Å². The molecule has 4 rings (SSSR count). The van der Waals surface area contributed by atoms with Crippen LogP contribution >= 0.6 is 0 Å². The highest BCUT2D eigenvalue weighted by Crippen LogP contribution is 2.39. The predicted molar refractivity (Wildman–Crippen MR) is 85.4 cm³/mol. The van der Waals surface area contributed by atoms with Crippen LogP contribution in [0.25, 0.3) is 0 Å². The van der Waals surface area contributed by atoms with E-state index < -0.39 is 0 Å². The second-order valence-electron chi connectivity index (χ2n) is 6.31. The van der Waals surface area contributed by atoms with Gasteiger partial charge in [-0.15, -0.1) is 0 Å². The summed E-state index contributed by atoms with van der Waals surface area (Å²) in [6, 6.07) is 5.66. The number of ether oxygens (including phenoxy) is 1. The monoisotopic (exact) mass is 312 g/mol. The van der Waals surface area contributed by atoms with Crippen molar-refractivity contribution in [2.24, 2.45) is 0 Å². The number of aryl methyl sites for hydroxylation is 1. The summed E-state index contributed by atoms with van der Waals surface area (Å²) >= 11 is 0. The number of hydrogen-bond donors (Lipinski definition) is 2. The normalized spacial score (nSPS) is 20.7. The minimum absolute atomic E-state index is 0.0642. The fourth-order valence-corrected chi connectivity index (χ4v) is 3.00. The van der Waals surface area contributed by atoms with Crippen molar-refractivity contribution in [1.82, 2.24) is 15.2 Å². The van der Waals surface area contributed by atoms with Gasteiger partial charge in [0, 0.05) is 24.3 Å². The molecule has 1 aliphatic carbocycles. The number of pyridine rings is 1. The van der Waals surface area contributed by atoms with E-state index in [0.29, 0.717) is 17.3 Å². The van der Waals surface area contributed by atoms with Crippen LogP contribution in [0.5, 0.6) is 0 Å². The van der Waals surface area contributed by atoms with Gasteiger partial charge in [-0.25, -0.2) is 0 Å². The summed E-state index contributed by atoms with van der Waals surface area (Å²) < 4.78 is 5.61. The van der Waals surface area contributed by atoms with Gasteiger partial charge in [-0.2, -0.15) is 5.10 Å². The Hall–Kier alpha value is -2.21.